The van der Waals surface area contributed by atoms with Gasteiger partial charge in [-0.2, -0.15) is 0 Å². The number of furan rings is 1. The third-order valence-electron chi connectivity index (χ3n) is 6.15. The van der Waals surface area contributed by atoms with E-state index < -0.39 is 0 Å². The van der Waals surface area contributed by atoms with E-state index in [4.69, 9.17) is 9.15 Å². The SMILES string of the molecule is Cc1ccc2c(c1)N(Cc1ccc(C(=O)N3CCN(Cc4ccccc4)CC3)o1)C(=O)CO2. The molecule has 1 aromatic heterocycles. The molecule has 2 aliphatic heterocycles. The molecule has 7 heteroatoms. The first-order valence-corrected chi connectivity index (χ1v) is 11.2. The Morgan fingerprint density at radius 3 is 2.52 bits per heavy atom. The number of rotatable bonds is 5. The van der Waals surface area contributed by atoms with Crippen molar-refractivity contribution >= 4 is 17.5 Å². The van der Waals surface area contributed by atoms with Crippen LogP contribution in [0.4, 0.5) is 5.69 Å². The van der Waals surface area contributed by atoms with Crippen molar-refractivity contribution in [1.29, 1.82) is 0 Å². The Hall–Kier alpha value is -3.58. The molecule has 1 fully saturated rings. The van der Waals surface area contributed by atoms with Crippen LogP contribution in [0.25, 0.3) is 0 Å². The minimum absolute atomic E-state index is 0.00415. The molecule has 0 saturated carbocycles. The average Bonchev–Trinajstić information content (AvgIpc) is 3.30. The van der Waals surface area contributed by atoms with E-state index in [2.05, 4.69) is 17.0 Å². The summed E-state index contributed by atoms with van der Waals surface area (Å²) in [6.07, 6.45) is 0. The Labute approximate surface area is 193 Å². The fraction of sp³-hybridized carbons (Fsp3) is 0.308. The van der Waals surface area contributed by atoms with Crippen LogP contribution in [0.2, 0.25) is 0 Å². The van der Waals surface area contributed by atoms with Crippen molar-refractivity contribution in [3.63, 3.8) is 0 Å². The molecule has 2 aromatic carbocycles. The summed E-state index contributed by atoms with van der Waals surface area (Å²) in [6, 6.07) is 19.6. The van der Waals surface area contributed by atoms with Crippen LogP contribution >= 0.6 is 0 Å². The minimum Gasteiger partial charge on any atom is -0.482 e. The molecule has 2 amide bonds. The van der Waals surface area contributed by atoms with E-state index in [-0.39, 0.29) is 25.0 Å². The maximum atomic E-state index is 13.0. The molecule has 0 unspecified atom stereocenters. The number of nitrogens with zero attached hydrogens (tertiary/aromatic N) is 3. The molecule has 0 bridgehead atoms. The summed E-state index contributed by atoms with van der Waals surface area (Å²) in [4.78, 5) is 31.3. The van der Waals surface area contributed by atoms with Crippen LogP contribution in [0.3, 0.4) is 0 Å². The number of carbonyl (C=O) groups excluding carboxylic acids is 2. The molecule has 0 radical (unpaired) electrons. The monoisotopic (exact) mass is 445 g/mol. The van der Waals surface area contributed by atoms with Gasteiger partial charge in [0.15, 0.2) is 12.4 Å². The molecular formula is C26H27N3O4. The van der Waals surface area contributed by atoms with Crippen molar-refractivity contribution < 1.29 is 18.7 Å². The van der Waals surface area contributed by atoms with Crippen LogP contribution in [0.5, 0.6) is 5.75 Å². The zero-order valence-electron chi connectivity index (χ0n) is 18.7. The fourth-order valence-corrected chi connectivity index (χ4v) is 4.33. The number of ether oxygens (including phenoxy) is 1. The fourth-order valence-electron chi connectivity index (χ4n) is 4.33. The van der Waals surface area contributed by atoms with Gasteiger partial charge in [0.2, 0.25) is 0 Å². The molecule has 2 aliphatic rings. The highest BCUT2D eigenvalue weighted by atomic mass is 16.5. The smallest absolute Gasteiger partial charge is 0.289 e. The third kappa shape index (κ3) is 4.64. The largest absolute Gasteiger partial charge is 0.482 e. The number of hydrogen-bond donors (Lipinski definition) is 0. The lowest BCUT2D eigenvalue weighted by Crippen LogP contribution is -2.48. The van der Waals surface area contributed by atoms with Crippen LogP contribution < -0.4 is 9.64 Å². The molecule has 3 heterocycles. The van der Waals surface area contributed by atoms with Crippen LogP contribution in [-0.4, -0.2) is 54.4 Å². The van der Waals surface area contributed by atoms with E-state index in [1.807, 2.05) is 48.2 Å². The van der Waals surface area contributed by atoms with Gasteiger partial charge in [-0.05, 0) is 42.3 Å². The summed E-state index contributed by atoms with van der Waals surface area (Å²) in [5, 5.41) is 0. The Morgan fingerprint density at radius 2 is 1.73 bits per heavy atom. The summed E-state index contributed by atoms with van der Waals surface area (Å²) in [6.45, 7) is 6.10. The second-order valence-corrected chi connectivity index (χ2v) is 8.56. The number of carbonyl (C=O) groups is 2. The highest BCUT2D eigenvalue weighted by Crippen LogP contribution is 2.34. The predicted octanol–water partition coefficient (Wildman–Crippen LogP) is 3.47. The van der Waals surface area contributed by atoms with Gasteiger partial charge in [-0.3, -0.25) is 19.4 Å². The Morgan fingerprint density at radius 1 is 0.939 bits per heavy atom. The molecule has 3 aromatic rings. The van der Waals surface area contributed by atoms with Crippen molar-refractivity contribution in [2.75, 3.05) is 37.7 Å². The standard InChI is InChI=1S/C26H27N3O4/c1-19-7-9-23-22(15-19)29(25(30)18-32-23)17-21-8-10-24(33-21)26(31)28-13-11-27(12-14-28)16-20-5-3-2-4-6-20/h2-10,15H,11-14,16-18H2,1H3. The summed E-state index contributed by atoms with van der Waals surface area (Å²) in [5.74, 6) is 1.32. The van der Waals surface area contributed by atoms with Crippen molar-refractivity contribution in [1.82, 2.24) is 9.80 Å². The molecule has 33 heavy (non-hydrogen) atoms. The second kappa shape index (κ2) is 9.11. The lowest BCUT2D eigenvalue weighted by Gasteiger charge is -2.34. The normalized spacial score (nSPS) is 16.5. The Bertz CT molecular complexity index is 1150. The first-order chi connectivity index (χ1) is 16.1. The Balaban J connectivity index is 1.21. The van der Waals surface area contributed by atoms with Crippen molar-refractivity contribution in [2.24, 2.45) is 0 Å². The van der Waals surface area contributed by atoms with E-state index in [1.54, 1.807) is 17.0 Å². The average molecular weight is 446 g/mol. The van der Waals surface area contributed by atoms with Gasteiger partial charge in [-0.1, -0.05) is 36.4 Å². The molecule has 5 rings (SSSR count). The van der Waals surface area contributed by atoms with Crippen molar-refractivity contribution in [3.8, 4) is 5.75 Å². The summed E-state index contributed by atoms with van der Waals surface area (Å²) in [5.41, 5.74) is 3.05. The molecule has 7 nitrogen and oxygen atoms in total. The summed E-state index contributed by atoms with van der Waals surface area (Å²) >= 11 is 0. The highest BCUT2D eigenvalue weighted by Gasteiger charge is 2.28. The summed E-state index contributed by atoms with van der Waals surface area (Å²) in [7, 11) is 0. The van der Waals surface area contributed by atoms with Crippen molar-refractivity contribution in [3.05, 3.63) is 83.3 Å². The van der Waals surface area contributed by atoms with E-state index in [9.17, 15) is 9.59 Å². The van der Waals surface area contributed by atoms with E-state index >= 15 is 0 Å². The molecule has 0 aliphatic carbocycles. The van der Waals surface area contributed by atoms with Gasteiger partial charge in [0.1, 0.15) is 11.5 Å². The number of fused-ring (bicyclic) bond motifs is 1. The van der Waals surface area contributed by atoms with E-state index in [0.717, 1.165) is 30.9 Å². The zero-order chi connectivity index (χ0) is 22.8. The molecule has 0 spiro atoms. The number of benzene rings is 2. The molecule has 0 N–H and O–H groups in total. The number of hydrogen-bond acceptors (Lipinski definition) is 5. The Kier molecular flexibility index (Phi) is 5.88. The minimum atomic E-state index is -0.132. The van der Waals surface area contributed by atoms with Gasteiger partial charge >= 0.3 is 0 Å². The first-order valence-electron chi connectivity index (χ1n) is 11.2. The van der Waals surface area contributed by atoms with Gasteiger partial charge in [0.05, 0.1) is 12.2 Å². The number of amides is 2. The first kappa shape index (κ1) is 21.3. The van der Waals surface area contributed by atoms with Crippen LogP contribution in [0, 0.1) is 6.92 Å². The van der Waals surface area contributed by atoms with Gasteiger partial charge in [0.25, 0.3) is 11.8 Å². The van der Waals surface area contributed by atoms with Crippen LogP contribution in [0.15, 0.2) is 65.1 Å². The number of anilines is 1. The van der Waals surface area contributed by atoms with Crippen LogP contribution in [0.1, 0.15) is 27.4 Å². The zero-order valence-corrected chi connectivity index (χ0v) is 18.7. The highest BCUT2D eigenvalue weighted by molar-refractivity contribution is 5.98. The van der Waals surface area contributed by atoms with Gasteiger partial charge in [-0.15, -0.1) is 0 Å². The second-order valence-electron chi connectivity index (χ2n) is 8.56. The van der Waals surface area contributed by atoms with Gasteiger partial charge in [0, 0.05) is 32.7 Å². The molecule has 0 atom stereocenters. The van der Waals surface area contributed by atoms with E-state index in [1.165, 1.54) is 5.56 Å². The lowest BCUT2D eigenvalue weighted by molar-refractivity contribution is -0.121. The lowest BCUT2D eigenvalue weighted by atomic mass is 10.1. The predicted molar refractivity (Wildman–Crippen MR) is 124 cm³/mol. The summed E-state index contributed by atoms with van der Waals surface area (Å²) < 4.78 is 11.4. The van der Waals surface area contributed by atoms with Gasteiger partial charge in [-0.25, -0.2) is 0 Å². The number of aryl methyl sites for hydroxylation is 1. The third-order valence-corrected chi connectivity index (χ3v) is 6.15. The topological polar surface area (TPSA) is 66.2 Å². The van der Waals surface area contributed by atoms with Gasteiger partial charge < -0.3 is 14.1 Å². The number of piperazine rings is 1. The van der Waals surface area contributed by atoms with E-state index in [0.29, 0.717) is 30.4 Å². The molecular weight excluding hydrogens is 418 g/mol. The molecule has 170 valence electrons. The maximum absolute atomic E-state index is 13.0. The molecule has 1 saturated heterocycles. The van der Waals surface area contributed by atoms with Crippen LogP contribution in [-0.2, 0) is 17.9 Å². The van der Waals surface area contributed by atoms with Crippen molar-refractivity contribution in [2.45, 2.75) is 20.0 Å². The maximum Gasteiger partial charge on any atom is 0.289 e. The quantitative estimate of drug-likeness (QED) is 0.602.